The van der Waals surface area contributed by atoms with Gasteiger partial charge in [0.15, 0.2) is 0 Å². The Morgan fingerprint density at radius 1 is 1.62 bits per heavy atom. The molecule has 0 aliphatic heterocycles. The van der Waals surface area contributed by atoms with Crippen LogP contribution in [0.1, 0.15) is 26.7 Å². The van der Waals surface area contributed by atoms with Crippen molar-refractivity contribution in [1.29, 1.82) is 0 Å². The van der Waals surface area contributed by atoms with E-state index < -0.39 is 0 Å². The molecule has 1 unspecified atom stereocenters. The first-order chi connectivity index (χ1) is 7.59. The summed E-state index contributed by atoms with van der Waals surface area (Å²) in [5.74, 6) is -0.162. The minimum absolute atomic E-state index is 0.0511. The number of hydrogen-bond acceptors (Lipinski definition) is 5. The molecule has 1 amide bonds. The minimum atomic E-state index is -0.375. The summed E-state index contributed by atoms with van der Waals surface area (Å²) in [7, 11) is 0. The zero-order valence-corrected chi connectivity index (χ0v) is 9.55. The lowest BCUT2D eigenvalue weighted by Crippen LogP contribution is -2.47. The molecule has 1 heterocycles. The second kappa shape index (κ2) is 5.55. The highest BCUT2D eigenvalue weighted by atomic mass is 16.3. The smallest absolute Gasteiger partial charge is 0.242 e. The number of hydrogen-bond donors (Lipinski definition) is 2. The first kappa shape index (κ1) is 12.6. The van der Waals surface area contributed by atoms with Crippen molar-refractivity contribution < 1.29 is 9.90 Å². The van der Waals surface area contributed by atoms with Crippen LogP contribution in [0.5, 0.6) is 0 Å². The van der Waals surface area contributed by atoms with Gasteiger partial charge in [-0.2, -0.15) is 0 Å². The molecule has 7 nitrogen and oxygen atoms in total. The highest BCUT2D eigenvalue weighted by Gasteiger charge is 2.23. The standard InChI is InChI=1S/C9H17N5O2/c1-3-9(2,4-5-15)11-8(16)6-14-7-10-12-13-14/h7,15H,3-6H2,1-2H3,(H,11,16). The summed E-state index contributed by atoms with van der Waals surface area (Å²) in [6, 6.07) is 0. The maximum absolute atomic E-state index is 11.7. The Morgan fingerprint density at radius 3 is 2.88 bits per heavy atom. The summed E-state index contributed by atoms with van der Waals surface area (Å²) >= 11 is 0. The van der Waals surface area contributed by atoms with E-state index in [9.17, 15) is 4.79 Å². The van der Waals surface area contributed by atoms with Gasteiger partial charge in [0.2, 0.25) is 5.91 Å². The van der Waals surface area contributed by atoms with Crippen LogP contribution in [-0.4, -0.2) is 43.4 Å². The molecule has 0 aliphatic carbocycles. The molecule has 0 spiro atoms. The molecule has 7 heteroatoms. The summed E-state index contributed by atoms with van der Waals surface area (Å²) in [6.45, 7) is 4.01. The first-order valence-electron chi connectivity index (χ1n) is 5.22. The van der Waals surface area contributed by atoms with E-state index in [-0.39, 0.29) is 24.6 Å². The molecule has 90 valence electrons. The van der Waals surface area contributed by atoms with Gasteiger partial charge in [0, 0.05) is 12.1 Å². The topological polar surface area (TPSA) is 92.9 Å². The normalized spacial score (nSPS) is 14.4. The van der Waals surface area contributed by atoms with Crippen LogP contribution >= 0.6 is 0 Å². The number of tetrazole rings is 1. The van der Waals surface area contributed by atoms with Gasteiger partial charge in [0.25, 0.3) is 0 Å². The average molecular weight is 227 g/mol. The number of aromatic nitrogens is 4. The number of nitrogens with zero attached hydrogens (tertiary/aromatic N) is 4. The molecule has 0 aromatic carbocycles. The number of nitrogens with one attached hydrogen (secondary N) is 1. The van der Waals surface area contributed by atoms with Gasteiger partial charge in [-0.05, 0) is 30.2 Å². The number of rotatable bonds is 6. The van der Waals surface area contributed by atoms with E-state index in [4.69, 9.17) is 5.11 Å². The molecule has 1 atom stereocenters. The zero-order valence-electron chi connectivity index (χ0n) is 9.55. The number of aliphatic hydroxyl groups is 1. The molecule has 0 saturated heterocycles. The Hall–Kier alpha value is -1.50. The number of aliphatic hydroxyl groups excluding tert-OH is 1. The number of amides is 1. The SMILES string of the molecule is CCC(C)(CCO)NC(=O)Cn1cnnn1. The fraction of sp³-hybridized carbons (Fsp3) is 0.778. The average Bonchev–Trinajstić information content (AvgIpc) is 2.70. The largest absolute Gasteiger partial charge is 0.396 e. The Labute approximate surface area is 93.8 Å². The van der Waals surface area contributed by atoms with Crippen molar-refractivity contribution in [3.8, 4) is 0 Å². The second-order valence-electron chi connectivity index (χ2n) is 3.94. The summed E-state index contributed by atoms with van der Waals surface area (Å²) in [6.07, 6.45) is 2.68. The van der Waals surface area contributed by atoms with Crippen molar-refractivity contribution in [2.45, 2.75) is 38.8 Å². The van der Waals surface area contributed by atoms with Crippen LogP contribution in [0.3, 0.4) is 0 Å². The number of carbonyl (C=O) groups excluding carboxylic acids is 1. The van der Waals surface area contributed by atoms with Gasteiger partial charge < -0.3 is 10.4 Å². The van der Waals surface area contributed by atoms with Gasteiger partial charge in [0.1, 0.15) is 12.9 Å². The molecular weight excluding hydrogens is 210 g/mol. The van der Waals surface area contributed by atoms with E-state index in [2.05, 4.69) is 20.8 Å². The van der Waals surface area contributed by atoms with Gasteiger partial charge in [0.05, 0.1) is 0 Å². The molecule has 1 aromatic rings. The van der Waals surface area contributed by atoms with Crippen LogP contribution in [0.2, 0.25) is 0 Å². The van der Waals surface area contributed by atoms with Crippen LogP contribution in [0.4, 0.5) is 0 Å². The summed E-state index contributed by atoms with van der Waals surface area (Å²) in [5, 5.41) is 22.3. The van der Waals surface area contributed by atoms with Gasteiger partial charge in [-0.25, -0.2) is 4.68 Å². The van der Waals surface area contributed by atoms with Crippen LogP contribution in [0, 0.1) is 0 Å². The van der Waals surface area contributed by atoms with Crippen molar-refractivity contribution in [3.63, 3.8) is 0 Å². The van der Waals surface area contributed by atoms with E-state index in [0.717, 1.165) is 6.42 Å². The summed E-state index contributed by atoms with van der Waals surface area (Å²) < 4.78 is 1.35. The van der Waals surface area contributed by atoms with E-state index in [1.807, 2.05) is 13.8 Å². The van der Waals surface area contributed by atoms with E-state index in [1.165, 1.54) is 11.0 Å². The third kappa shape index (κ3) is 3.58. The quantitative estimate of drug-likeness (QED) is 0.673. The first-order valence-corrected chi connectivity index (χ1v) is 5.22. The molecule has 2 N–H and O–H groups in total. The van der Waals surface area contributed by atoms with E-state index in [0.29, 0.717) is 6.42 Å². The molecule has 0 radical (unpaired) electrons. The van der Waals surface area contributed by atoms with Crippen molar-refractivity contribution >= 4 is 5.91 Å². The fourth-order valence-corrected chi connectivity index (χ4v) is 1.35. The predicted molar refractivity (Wildman–Crippen MR) is 56.4 cm³/mol. The zero-order chi connectivity index (χ0) is 12.0. The van der Waals surface area contributed by atoms with Crippen molar-refractivity contribution in [1.82, 2.24) is 25.5 Å². The van der Waals surface area contributed by atoms with Gasteiger partial charge in [-0.1, -0.05) is 6.92 Å². The molecule has 0 saturated carbocycles. The van der Waals surface area contributed by atoms with E-state index >= 15 is 0 Å². The van der Waals surface area contributed by atoms with Gasteiger partial charge >= 0.3 is 0 Å². The molecule has 0 fully saturated rings. The third-order valence-corrected chi connectivity index (χ3v) is 2.58. The van der Waals surface area contributed by atoms with Crippen LogP contribution < -0.4 is 5.32 Å². The maximum Gasteiger partial charge on any atom is 0.242 e. The predicted octanol–water partition coefficient (Wildman–Crippen LogP) is -0.660. The Bertz CT molecular complexity index is 327. The molecule has 1 rings (SSSR count). The highest BCUT2D eigenvalue weighted by molar-refractivity contribution is 5.76. The minimum Gasteiger partial charge on any atom is -0.396 e. The van der Waals surface area contributed by atoms with Crippen LogP contribution in [0.25, 0.3) is 0 Å². The fourth-order valence-electron chi connectivity index (χ4n) is 1.35. The van der Waals surface area contributed by atoms with Gasteiger partial charge in [-0.15, -0.1) is 5.10 Å². The van der Waals surface area contributed by atoms with E-state index in [1.54, 1.807) is 0 Å². The maximum atomic E-state index is 11.7. The van der Waals surface area contributed by atoms with Crippen molar-refractivity contribution in [2.75, 3.05) is 6.61 Å². The summed E-state index contributed by atoms with van der Waals surface area (Å²) in [4.78, 5) is 11.7. The van der Waals surface area contributed by atoms with Crippen LogP contribution in [0.15, 0.2) is 6.33 Å². The lowest BCUT2D eigenvalue weighted by molar-refractivity contribution is -0.123. The lowest BCUT2D eigenvalue weighted by Gasteiger charge is -2.28. The Morgan fingerprint density at radius 2 is 2.38 bits per heavy atom. The summed E-state index contributed by atoms with van der Waals surface area (Å²) in [5.41, 5.74) is -0.375. The van der Waals surface area contributed by atoms with Crippen LogP contribution in [-0.2, 0) is 11.3 Å². The lowest BCUT2D eigenvalue weighted by atomic mass is 9.95. The molecule has 1 aromatic heterocycles. The Balaban J connectivity index is 2.49. The monoisotopic (exact) mass is 227 g/mol. The molecule has 16 heavy (non-hydrogen) atoms. The number of carbonyl (C=O) groups is 1. The molecular formula is C9H17N5O2. The van der Waals surface area contributed by atoms with Crippen molar-refractivity contribution in [3.05, 3.63) is 6.33 Å². The highest BCUT2D eigenvalue weighted by Crippen LogP contribution is 2.13. The van der Waals surface area contributed by atoms with Crippen molar-refractivity contribution in [2.24, 2.45) is 0 Å². The molecule has 0 bridgehead atoms. The second-order valence-corrected chi connectivity index (χ2v) is 3.94. The molecule has 0 aliphatic rings. The van der Waals surface area contributed by atoms with Gasteiger partial charge in [-0.3, -0.25) is 4.79 Å². The third-order valence-electron chi connectivity index (χ3n) is 2.58. The Kier molecular flexibility index (Phi) is 4.36.